The number of sulfonamides is 1. The molecule has 3 heterocycles. The summed E-state index contributed by atoms with van der Waals surface area (Å²) in [6, 6.07) is 4.44. The van der Waals surface area contributed by atoms with Crippen molar-refractivity contribution in [2.75, 3.05) is 14.2 Å². The summed E-state index contributed by atoms with van der Waals surface area (Å²) in [6.07, 6.45) is 5.51. The molecule has 2 unspecified atom stereocenters. The molecule has 1 aromatic carbocycles. The Labute approximate surface area is 146 Å². The van der Waals surface area contributed by atoms with Crippen molar-refractivity contribution in [1.29, 1.82) is 0 Å². The largest absolute Gasteiger partial charge is 0.493 e. The van der Waals surface area contributed by atoms with E-state index in [4.69, 9.17) is 9.47 Å². The highest BCUT2D eigenvalue weighted by atomic mass is 32.2. The van der Waals surface area contributed by atoms with Gasteiger partial charge in [-0.15, -0.1) is 0 Å². The minimum atomic E-state index is -3.66. The Morgan fingerprint density at radius 3 is 2.72 bits per heavy atom. The number of ether oxygens (including phenoxy) is 2. The molecule has 2 aromatic rings. The average Bonchev–Trinajstić information content (AvgIpc) is 2.97. The molecule has 25 heavy (non-hydrogen) atoms. The molecule has 2 aliphatic rings. The zero-order chi connectivity index (χ0) is 17.6. The van der Waals surface area contributed by atoms with Crippen LogP contribution in [0, 0.1) is 0 Å². The van der Waals surface area contributed by atoms with Gasteiger partial charge in [0.25, 0.3) is 0 Å². The number of aromatic nitrogens is 2. The molecule has 0 N–H and O–H groups in total. The molecule has 1 saturated heterocycles. The van der Waals surface area contributed by atoms with Gasteiger partial charge in [-0.05, 0) is 25.0 Å². The molecule has 2 atom stereocenters. The predicted octanol–water partition coefficient (Wildman–Crippen LogP) is 1.94. The third-order valence-electron chi connectivity index (χ3n) is 4.99. The van der Waals surface area contributed by atoms with Crippen LogP contribution in [0.1, 0.15) is 30.1 Å². The van der Waals surface area contributed by atoms with Crippen LogP contribution in [-0.2, 0) is 16.4 Å². The van der Waals surface area contributed by atoms with Crippen molar-refractivity contribution >= 4 is 10.0 Å². The molecule has 132 valence electrons. The Morgan fingerprint density at radius 2 is 1.96 bits per heavy atom. The molecule has 1 fully saturated rings. The summed E-state index contributed by atoms with van der Waals surface area (Å²) in [4.78, 5) is 8.63. The highest BCUT2D eigenvalue weighted by Crippen LogP contribution is 2.46. The number of nitrogens with zero attached hydrogens (tertiary/aromatic N) is 3. The lowest BCUT2D eigenvalue weighted by Crippen LogP contribution is -2.42. The van der Waals surface area contributed by atoms with E-state index in [1.54, 1.807) is 22.6 Å². The van der Waals surface area contributed by atoms with Gasteiger partial charge in [0.1, 0.15) is 6.33 Å². The number of methoxy groups -OCH3 is 2. The molecule has 0 spiro atoms. The fourth-order valence-electron chi connectivity index (χ4n) is 3.84. The van der Waals surface area contributed by atoms with Crippen LogP contribution >= 0.6 is 0 Å². The molecule has 0 radical (unpaired) electrons. The van der Waals surface area contributed by atoms with Gasteiger partial charge in [-0.3, -0.25) is 0 Å². The van der Waals surface area contributed by atoms with Crippen LogP contribution in [-0.4, -0.2) is 43.0 Å². The van der Waals surface area contributed by atoms with Gasteiger partial charge in [0.2, 0.25) is 10.0 Å². The predicted molar refractivity (Wildman–Crippen MR) is 90.1 cm³/mol. The van der Waals surface area contributed by atoms with Gasteiger partial charge in [-0.2, -0.15) is 4.31 Å². The zero-order valence-corrected chi connectivity index (χ0v) is 14.9. The second-order valence-electron chi connectivity index (χ2n) is 6.23. The summed E-state index contributed by atoms with van der Waals surface area (Å²) in [5, 5.41) is 0. The molecular weight excluding hydrogens is 342 g/mol. The van der Waals surface area contributed by atoms with Crippen LogP contribution in [0.15, 0.2) is 35.6 Å². The molecule has 2 aliphatic heterocycles. The van der Waals surface area contributed by atoms with E-state index in [1.807, 2.05) is 0 Å². The van der Waals surface area contributed by atoms with Gasteiger partial charge >= 0.3 is 0 Å². The van der Waals surface area contributed by atoms with Crippen molar-refractivity contribution in [1.82, 2.24) is 14.3 Å². The first-order chi connectivity index (χ1) is 12.1. The van der Waals surface area contributed by atoms with Crippen molar-refractivity contribution in [3.63, 3.8) is 0 Å². The summed E-state index contributed by atoms with van der Waals surface area (Å²) in [5.74, 6) is 0.901. The van der Waals surface area contributed by atoms with Crippen LogP contribution in [0.3, 0.4) is 0 Å². The molecule has 7 nitrogen and oxygen atoms in total. The fourth-order valence-corrected chi connectivity index (χ4v) is 5.71. The van der Waals surface area contributed by atoms with E-state index >= 15 is 0 Å². The normalized spacial score (nSPS) is 22.5. The Kier molecular flexibility index (Phi) is 3.88. The minimum absolute atomic E-state index is 0.0644. The standard InChI is InChI=1S/C17H19N3O4S/c1-23-16-6-4-12(8-17(16)24-2)25(21,22)20-11-3-5-15(20)13-9-18-10-19-14(13)7-11/h4,6,8-11,15H,3,5,7H2,1-2H3. The second kappa shape index (κ2) is 5.96. The van der Waals surface area contributed by atoms with Crippen LogP contribution in [0.4, 0.5) is 0 Å². The van der Waals surface area contributed by atoms with Crippen LogP contribution in [0.2, 0.25) is 0 Å². The maximum atomic E-state index is 13.3. The van der Waals surface area contributed by atoms with E-state index in [0.717, 1.165) is 24.1 Å². The minimum Gasteiger partial charge on any atom is -0.493 e. The quantitative estimate of drug-likeness (QED) is 0.828. The van der Waals surface area contributed by atoms with E-state index in [1.165, 1.54) is 26.6 Å². The lowest BCUT2D eigenvalue weighted by atomic mass is 10.0. The van der Waals surface area contributed by atoms with Crippen LogP contribution in [0.25, 0.3) is 0 Å². The summed E-state index contributed by atoms with van der Waals surface area (Å²) < 4.78 is 38.7. The Hall–Kier alpha value is -2.19. The molecule has 0 aliphatic carbocycles. The highest BCUT2D eigenvalue weighted by molar-refractivity contribution is 7.89. The fraction of sp³-hybridized carbons (Fsp3) is 0.412. The molecule has 1 aromatic heterocycles. The maximum Gasteiger partial charge on any atom is 0.244 e. The van der Waals surface area contributed by atoms with Crippen molar-refractivity contribution in [2.24, 2.45) is 0 Å². The molecule has 0 amide bonds. The Bertz CT molecular complexity index is 916. The highest BCUT2D eigenvalue weighted by Gasteiger charge is 2.47. The first-order valence-corrected chi connectivity index (χ1v) is 9.54. The third kappa shape index (κ3) is 2.47. The van der Waals surface area contributed by atoms with Gasteiger partial charge in [0.15, 0.2) is 11.5 Å². The van der Waals surface area contributed by atoms with Gasteiger partial charge in [0.05, 0.1) is 30.9 Å². The summed E-state index contributed by atoms with van der Waals surface area (Å²) in [6.45, 7) is 0. The Morgan fingerprint density at radius 1 is 1.16 bits per heavy atom. The average molecular weight is 361 g/mol. The SMILES string of the molecule is COc1ccc(S(=O)(=O)N2C3CCC2c2cncnc2C3)cc1OC. The smallest absolute Gasteiger partial charge is 0.244 e. The Balaban J connectivity index is 1.77. The zero-order valence-electron chi connectivity index (χ0n) is 14.0. The van der Waals surface area contributed by atoms with E-state index in [0.29, 0.717) is 17.9 Å². The van der Waals surface area contributed by atoms with Crippen molar-refractivity contribution in [2.45, 2.75) is 36.2 Å². The van der Waals surface area contributed by atoms with Gasteiger partial charge in [-0.1, -0.05) is 0 Å². The van der Waals surface area contributed by atoms with Crippen LogP contribution in [0.5, 0.6) is 11.5 Å². The number of rotatable bonds is 4. The lowest BCUT2D eigenvalue weighted by molar-refractivity contribution is 0.299. The second-order valence-corrected chi connectivity index (χ2v) is 8.07. The molecule has 8 heteroatoms. The number of hydrogen-bond acceptors (Lipinski definition) is 6. The van der Waals surface area contributed by atoms with Crippen molar-refractivity contribution in [3.8, 4) is 11.5 Å². The maximum absolute atomic E-state index is 13.3. The van der Waals surface area contributed by atoms with Crippen molar-refractivity contribution in [3.05, 3.63) is 42.0 Å². The number of benzene rings is 1. The van der Waals surface area contributed by atoms with E-state index in [2.05, 4.69) is 9.97 Å². The first kappa shape index (κ1) is 16.3. The monoisotopic (exact) mass is 361 g/mol. The van der Waals surface area contributed by atoms with Gasteiger partial charge < -0.3 is 9.47 Å². The summed E-state index contributed by atoms with van der Waals surface area (Å²) >= 11 is 0. The van der Waals surface area contributed by atoms with E-state index in [-0.39, 0.29) is 17.0 Å². The van der Waals surface area contributed by atoms with Crippen molar-refractivity contribution < 1.29 is 17.9 Å². The molecule has 0 saturated carbocycles. The van der Waals surface area contributed by atoms with E-state index < -0.39 is 10.0 Å². The first-order valence-electron chi connectivity index (χ1n) is 8.10. The molecule has 4 rings (SSSR count). The third-order valence-corrected chi connectivity index (χ3v) is 6.94. The summed E-state index contributed by atoms with van der Waals surface area (Å²) in [5.41, 5.74) is 1.88. The number of fused-ring (bicyclic) bond motifs is 4. The van der Waals surface area contributed by atoms with E-state index in [9.17, 15) is 8.42 Å². The number of hydrogen-bond donors (Lipinski definition) is 0. The van der Waals surface area contributed by atoms with Gasteiger partial charge in [0, 0.05) is 30.3 Å². The summed E-state index contributed by atoms with van der Waals surface area (Å²) in [7, 11) is -0.642. The molecule has 2 bridgehead atoms. The lowest BCUT2D eigenvalue weighted by Gasteiger charge is -2.34. The van der Waals surface area contributed by atoms with Gasteiger partial charge in [-0.25, -0.2) is 18.4 Å². The topological polar surface area (TPSA) is 81.6 Å². The molecular formula is C17H19N3O4S. The van der Waals surface area contributed by atoms with Crippen LogP contribution < -0.4 is 9.47 Å².